The number of aliphatic imine (C=N–C) groups is 1. The minimum atomic E-state index is -6.57. The molecule has 0 amide bonds. The zero-order chi connectivity index (χ0) is 29.5. The normalized spacial score (nSPS) is 20.1. The molecule has 40 heavy (non-hydrogen) atoms. The quantitative estimate of drug-likeness (QED) is 0.248. The molecule has 0 saturated heterocycles. The van der Waals surface area contributed by atoms with E-state index in [9.17, 15) is 43.2 Å². The van der Waals surface area contributed by atoms with E-state index in [0.717, 1.165) is 7.05 Å². The topological polar surface area (TPSA) is 97.7 Å². The summed E-state index contributed by atoms with van der Waals surface area (Å²) in [6.45, 7) is 0.956. The number of halogens is 7. The van der Waals surface area contributed by atoms with Crippen molar-refractivity contribution in [2.24, 2.45) is 4.99 Å². The summed E-state index contributed by atoms with van der Waals surface area (Å²) < 4.78 is 147. The predicted molar refractivity (Wildman–Crippen MR) is 134 cm³/mol. The van der Waals surface area contributed by atoms with Crippen LogP contribution in [0.4, 0.5) is 26.3 Å². The van der Waals surface area contributed by atoms with Gasteiger partial charge in [0.15, 0.2) is 0 Å². The molecule has 0 radical (unpaired) electrons. The Bertz CT molecular complexity index is 1560. The first kappa shape index (κ1) is 34.0. The summed E-state index contributed by atoms with van der Waals surface area (Å²) in [6, 6.07) is 14.2. The average molecular weight is 653 g/mol. The molecule has 17 heteroatoms. The van der Waals surface area contributed by atoms with Crippen molar-refractivity contribution in [3.05, 3.63) is 76.7 Å². The molecule has 222 valence electrons. The molecule has 0 saturated carbocycles. The second kappa shape index (κ2) is 11.6. The molecule has 2 unspecified atom stereocenters. The third kappa shape index (κ3) is 5.89. The number of amidine groups is 1. The van der Waals surface area contributed by atoms with E-state index >= 15 is 4.57 Å². The first-order valence-corrected chi connectivity index (χ1v) is 16.2. The molecule has 0 spiro atoms. The summed E-state index contributed by atoms with van der Waals surface area (Å²) in [5, 5.41) is -4.06. The van der Waals surface area contributed by atoms with E-state index in [1.807, 2.05) is 0 Å². The van der Waals surface area contributed by atoms with Crippen molar-refractivity contribution in [3.63, 3.8) is 0 Å². The lowest BCUT2D eigenvalue weighted by Crippen LogP contribution is -3.00. The third-order valence-electron chi connectivity index (χ3n) is 6.10. The van der Waals surface area contributed by atoms with Crippen molar-refractivity contribution >= 4 is 37.3 Å². The van der Waals surface area contributed by atoms with E-state index in [0.29, 0.717) is 0 Å². The van der Waals surface area contributed by atoms with Gasteiger partial charge in [-0.3, -0.25) is 0 Å². The minimum Gasteiger partial charge on any atom is -1.00 e. The Morgan fingerprint density at radius 2 is 1.30 bits per heavy atom. The highest BCUT2D eigenvalue weighted by molar-refractivity contribution is 8.06. The lowest BCUT2D eigenvalue weighted by molar-refractivity contribution is -0.767. The van der Waals surface area contributed by atoms with E-state index in [1.54, 1.807) is 13.0 Å². The van der Waals surface area contributed by atoms with E-state index in [4.69, 9.17) is 0 Å². The lowest BCUT2D eigenvalue weighted by atomic mass is 10.2. The van der Waals surface area contributed by atoms with Gasteiger partial charge in [-0.2, -0.15) is 31.3 Å². The summed E-state index contributed by atoms with van der Waals surface area (Å²) in [5.74, 6) is 0. The minimum absolute atomic E-state index is 0. The fraction of sp³-hybridized carbons (Fsp3) is 0.348. The first-order chi connectivity index (χ1) is 17.8. The van der Waals surface area contributed by atoms with Gasteiger partial charge in [0.25, 0.3) is 9.84 Å². The van der Waals surface area contributed by atoms with Crippen LogP contribution in [-0.4, -0.2) is 51.1 Å². The monoisotopic (exact) mass is 652 g/mol. The first-order valence-electron chi connectivity index (χ1n) is 11.4. The molecular formula is C23H24ClF6N2O5PS2. The SMILES string of the molecule is CCCC[N+]1(C)C(S(=O)(=O)C(F)(F)F)=NC(S(=O)(=O)C(F)(F)F)=C1P(=O)(Cc1ccccc1)c1ccccc1.[Cl-]. The second-order valence-electron chi connectivity index (χ2n) is 8.91. The van der Waals surface area contributed by atoms with E-state index in [-0.39, 0.29) is 36.1 Å². The molecule has 2 aromatic rings. The number of hydrogen-bond acceptors (Lipinski definition) is 6. The fourth-order valence-corrected chi connectivity index (χ4v) is 10.4. The Hall–Kier alpha value is -2.19. The molecule has 2 aromatic carbocycles. The van der Waals surface area contributed by atoms with E-state index in [1.165, 1.54) is 54.6 Å². The molecule has 0 N–H and O–H groups in total. The van der Waals surface area contributed by atoms with Crippen LogP contribution in [0.15, 0.2) is 76.1 Å². The maximum absolute atomic E-state index is 15.0. The highest BCUT2D eigenvalue weighted by atomic mass is 35.5. The number of sulfone groups is 2. The summed E-state index contributed by atoms with van der Waals surface area (Å²) in [5.41, 5.74) is -13.0. The van der Waals surface area contributed by atoms with Crippen LogP contribution in [0.3, 0.4) is 0 Å². The van der Waals surface area contributed by atoms with Gasteiger partial charge >= 0.3 is 26.0 Å². The zero-order valence-electron chi connectivity index (χ0n) is 20.9. The maximum Gasteiger partial charge on any atom is 0.508 e. The van der Waals surface area contributed by atoms with Gasteiger partial charge in [-0.1, -0.05) is 74.0 Å². The Labute approximate surface area is 233 Å². The third-order valence-corrected chi connectivity index (χ3v) is 12.5. The molecule has 0 bridgehead atoms. The van der Waals surface area contributed by atoms with Gasteiger partial charge < -0.3 is 17.0 Å². The number of hydrogen-bond donors (Lipinski definition) is 0. The van der Waals surface area contributed by atoms with Gasteiger partial charge in [-0.15, -0.1) is 0 Å². The van der Waals surface area contributed by atoms with Gasteiger partial charge in [-0.25, -0.2) is 21.3 Å². The van der Waals surface area contributed by atoms with Crippen LogP contribution >= 0.6 is 7.14 Å². The molecule has 1 aliphatic heterocycles. The van der Waals surface area contributed by atoms with Crippen LogP contribution in [0.2, 0.25) is 0 Å². The summed E-state index contributed by atoms with van der Waals surface area (Å²) >= 11 is 0. The molecular weight excluding hydrogens is 629 g/mol. The van der Waals surface area contributed by atoms with Crippen LogP contribution in [0, 0.1) is 0 Å². The molecule has 1 heterocycles. The standard InChI is InChI=1S/C23H24F6N2O5PS2.ClH/c1-3-4-15-31(2)20(37(32,18-13-9-6-10-14-18)16-17-11-7-5-8-12-17)19(38(33,34)22(24,25)26)30-21(31)39(35,36)23(27,28)29;/h5-14H,3-4,15-16H2,1-2H3;1H/q+1;/p-1. The highest BCUT2D eigenvalue weighted by Gasteiger charge is 2.66. The van der Waals surface area contributed by atoms with Crippen molar-refractivity contribution in [1.82, 2.24) is 0 Å². The largest absolute Gasteiger partial charge is 1.00 e. The van der Waals surface area contributed by atoms with Crippen LogP contribution in [-0.2, 0) is 30.4 Å². The Morgan fingerprint density at radius 1 is 0.825 bits per heavy atom. The maximum atomic E-state index is 15.0. The molecule has 7 nitrogen and oxygen atoms in total. The van der Waals surface area contributed by atoms with Crippen molar-refractivity contribution in [3.8, 4) is 0 Å². The smallest absolute Gasteiger partial charge is 0.508 e. The number of unbranched alkanes of at least 4 members (excludes halogenated alkanes) is 1. The van der Waals surface area contributed by atoms with Gasteiger partial charge in [-0.05, 0) is 12.0 Å². The van der Waals surface area contributed by atoms with Gasteiger partial charge in [0, 0.05) is 11.5 Å². The van der Waals surface area contributed by atoms with Crippen LogP contribution in [0.1, 0.15) is 25.3 Å². The van der Waals surface area contributed by atoms with Gasteiger partial charge in [0.05, 0.1) is 13.6 Å². The average Bonchev–Trinajstić information content (AvgIpc) is 3.17. The Balaban J connectivity index is 0.00000560. The zero-order valence-corrected chi connectivity index (χ0v) is 24.2. The van der Waals surface area contributed by atoms with Crippen LogP contribution < -0.4 is 17.7 Å². The predicted octanol–water partition coefficient (Wildman–Crippen LogP) is 2.49. The summed E-state index contributed by atoms with van der Waals surface area (Å²) in [6.07, 6.45) is -0.444. The number of benzene rings is 2. The summed E-state index contributed by atoms with van der Waals surface area (Å²) in [7, 11) is -16.9. The Morgan fingerprint density at radius 3 is 1.75 bits per heavy atom. The molecule has 3 rings (SSSR count). The summed E-state index contributed by atoms with van der Waals surface area (Å²) in [4.78, 5) is 3.07. The number of nitrogens with zero attached hydrogens (tertiary/aromatic N) is 2. The fourth-order valence-electron chi connectivity index (χ4n) is 4.25. The highest BCUT2D eigenvalue weighted by Crippen LogP contribution is 2.63. The van der Waals surface area contributed by atoms with Crippen molar-refractivity contribution < 1.29 is 64.6 Å². The van der Waals surface area contributed by atoms with Crippen LogP contribution in [0.25, 0.3) is 0 Å². The molecule has 0 fully saturated rings. The Kier molecular flexibility index (Phi) is 9.86. The van der Waals surface area contributed by atoms with E-state index in [2.05, 4.69) is 4.99 Å². The number of alkyl halides is 6. The van der Waals surface area contributed by atoms with Crippen molar-refractivity contribution in [2.75, 3.05) is 13.6 Å². The van der Waals surface area contributed by atoms with E-state index < -0.39 is 70.7 Å². The molecule has 0 aliphatic carbocycles. The van der Waals surface area contributed by atoms with Crippen molar-refractivity contribution in [1.29, 1.82) is 0 Å². The van der Waals surface area contributed by atoms with Gasteiger partial charge in [0.2, 0.25) is 17.6 Å². The number of quaternary nitrogens is 1. The van der Waals surface area contributed by atoms with Crippen LogP contribution in [0.5, 0.6) is 0 Å². The molecule has 2 atom stereocenters. The second-order valence-corrected chi connectivity index (χ2v) is 15.3. The molecule has 0 aromatic heterocycles. The van der Waals surface area contributed by atoms with Gasteiger partial charge in [0.1, 0.15) is 0 Å². The number of rotatable bonds is 8. The van der Waals surface area contributed by atoms with Crippen molar-refractivity contribution in [2.45, 2.75) is 36.9 Å². The molecule has 1 aliphatic rings. The lowest BCUT2D eigenvalue weighted by Gasteiger charge is -2.35.